The molecule has 1 aliphatic heterocycles. The Kier molecular flexibility index (Phi) is 3.03. The van der Waals surface area contributed by atoms with Gasteiger partial charge in [-0.3, -0.25) is 9.89 Å². The second-order valence-corrected chi connectivity index (χ2v) is 5.01. The lowest BCUT2D eigenvalue weighted by molar-refractivity contribution is 0.0735. The molecular formula is C10H13N7OS. The van der Waals surface area contributed by atoms with Gasteiger partial charge >= 0.3 is 0 Å². The number of hydrogen-bond acceptors (Lipinski definition) is 7. The van der Waals surface area contributed by atoms with Crippen molar-refractivity contribution in [2.24, 2.45) is 0 Å². The molecule has 9 heteroatoms. The first-order valence-corrected chi connectivity index (χ1v) is 6.73. The fourth-order valence-corrected chi connectivity index (χ4v) is 2.69. The molecule has 0 saturated carbocycles. The molecule has 2 aromatic rings. The van der Waals surface area contributed by atoms with Gasteiger partial charge in [-0.25, -0.2) is 4.98 Å². The number of anilines is 2. The number of rotatable bonds is 2. The third kappa shape index (κ3) is 2.36. The number of aromatic amines is 1. The molecule has 1 amide bonds. The molecule has 3 heterocycles. The predicted molar refractivity (Wildman–Crippen MR) is 71.0 cm³/mol. The maximum atomic E-state index is 12.1. The van der Waals surface area contributed by atoms with E-state index in [9.17, 15) is 4.79 Å². The third-order valence-corrected chi connectivity index (χ3v) is 3.79. The smallest absolute Gasteiger partial charge is 0.291 e. The summed E-state index contributed by atoms with van der Waals surface area (Å²) in [5.41, 5.74) is 5.39. The second kappa shape index (κ2) is 4.84. The number of nitrogens with zero attached hydrogens (tertiary/aromatic N) is 5. The number of carbonyl (C=O) groups is 1. The Morgan fingerprint density at radius 1 is 1.37 bits per heavy atom. The highest BCUT2D eigenvalue weighted by molar-refractivity contribution is 7.13. The second-order valence-electron chi connectivity index (χ2n) is 4.14. The van der Waals surface area contributed by atoms with Crippen LogP contribution in [0.15, 0.2) is 11.6 Å². The van der Waals surface area contributed by atoms with Crippen molar-refractivity contribution in [3.8, 4) is 0 Å². The van der Waals surface area contributed by atoms with E-state index < -0.39 is 0 Å². The summed E-state index contributed by atoms with van der Waals surface area (Å²) in [5, 5.41) is 9.15. The van der Waals surface area contributed by atoms with Gasteiger partial charge in [0.25, 0.3) is 5.91 Å². The highest BCUT2D eigenvalue weighted by atomic mass is 32.1. The van der Waals surface area contributed by atoms with Crippen LogP contribution in [0.2, 0.25) is 0 Å². The summed E-state index contributed by atoms with van der Waals surface area (Å²) in [6.07, 6.45) is 1.79. The molecule has 0 spiro atoms. The summed E-state index contributed by atoms with van der Waals surface area (Å²) < 4.78 is 0. The molecule has 1 fully saturated rings. The van der Waals surface area contributed by atoms with E-state index in [4.69, 9.17) is 5.73 Å². The molecule has 100 valence electrons. The molecule has 1 aliphatic rings. The number of carbonyl (C=O) groups excluding carboxylic acids is 1. The fourth-order valence-electron chi connectivity index (χ4n) is 1.99. The van der Waals surface area contributed by atoms with E-state index in [0.29, 0.717) is 13.1 Å². The van der Waals surface area contributed by atoms with Gasteiger partial charge in [0.05, 0.1) is 0 Å². The van der Waals surface area contributed by atoms with Crippen molar-refractivity contribution in [2.75, 3.05) is 36.8 Å². The largest absolute Gasteiger partial charge is 0.366 e. The number of thiazole rings is 1. The molecular weight excluding hydrogens is 266 g/mol. The molecule has 3 rings (SSSR count). The Labute approximate surface area is 113 Å². The van der Waals surface area contributed by atoms with E-state index in [1.54, 1.807) is 22.4 Å². The summed E-state index contributed by atoms with van der Waals surface area (Å²) in [6, 6.07) is 0. The van der Waals surface area contributed by atoms with E-state index in [-0.39, 0.29) is 17.7 Å². The van der Waals surface area contributed by atoms with Crippen LogP contribution in [0.5, 0.6) is 0 Å². The fraction of sp³-hybridized carbons (Fsp3) is 0.400. The van der Waals surface area contributed by atoms with Gasteiger partial charge in [-0.1, -0.05) is 0 Å². The van der Waals surface area contributed by atoms with Crippen molar-refractivity contribution in [1.82, 2.24) is 25.1 Å². The van der Waals surface area contributed by atoms with Crippen molar-refractivity contribution in [2.45, 2.75) is 0 Å². The molecule has 8 nitrogen and oxygen atoms in total. The Morgan fingerprint density at radius 2 is 2.16 bits per heavy atom. The van der Waals surface area contributed by atoms with Crippen molar-refractivity contribution >= 4 is 28.3 Å². The number of nitrogens with two attached hydrogens (primary N) is 1. The Bertz CT molecular complexity index is 558. The van der Waals surface area contributed by atoms with Crippen LogP contribution in [0.25, 0.3) is 0 Å². The SMILES string of the molecule is Nc1n[nH]c(C(=O)N2CCN(c3nccs3)CC2)n1. The molecule has 0 bridgehead atoms. The zero-order valence-corrected chi connectivity index (χ0v) is 10.9. The lowest BCUT2D eigenvalue weighted by Crippen LogP contribution is -2.49. The van der Waals surface area contributed by atoms with Gasteiger partial charge in [-0.05, 0) is 0 Å². The lowest BCUT2D eigenvalue weighted by atomic mass is 10.3. The van der Waals surface area contributed by atoms with Crippen LogP contribution in [0.3, 0.4) is 0 Å². The minimum Gasteiger partial charge on any atom is -0.366 e. The molecule has 19 heavy (non-hydrogen) atoms. The first kappa shape index (κ1) is 11.9. The number of hydrogen-bond donors (Lipinski definition) is 2. The standard InChI is InChI=1S/C10H13N7OS/c11-9-13-7(14-15-9)8(18)16-2-4-17(5-3-16)10-12-1-6-19-10/h1,6H,2-5H2,(H3,11,13,14,15). The highest BCUT2D eigenvalue weighted by Crippen LogP contribution is 2.19. The molecule has 0 unspecified atom stereocenters. The number of amides is 1. The van der Waals surface area contributed by atoms with Gasteiger partial charge in [0.2, 0.25) is 11.8 Å². The van der Waals surface area contributed by atoms with Crippen LogP contribution < -0.4 is 10.6 Å². The lowest BCUT2D eigenvalue weighted by Gasteiger charge is -2.34. The van der Waals surface area contributed by atoms with E-state index in [2.05, 4.69) is 25.1 Å². The minimum atomic E-state index is -0.164. The Hall–Kier alpha value is -2.16. The van der Waals surface area contributed by atoms with E-state index >= 15 is 0 Å². The number of nitrogens with one attached hydrogen (secondary N) is 1. The van der Waals surface area contributed by atoms with Gasteiger partial charge < -0.3 is 15.5 Å². The average Bonchev–Trinajstić information content (AvgIpc) is 3.09. The van der Waals surface area contributed by atoms with Crippen LogP contribution in [-0.4, -0.2) is 57.2 Å². The summed E-state index contributed by atoms with van der Waals surface area (Å²) >= 11 is 1.61. The Morgan fingerprint density at radius 3 is 2.74 bits per heavy atom. The quantitative estimate of drug-likeness (QED) is 0.789. The third-order valence-electron chi connectivity index (χ3n) is 2.96. The summed E-state index contributed by atoms with van der Waals surface area (Å²) in [6.45, 7) is 2.81. The Balaban J connectivity index is 1.62. The molecule has 2 aromatic heterocycles. The summed E-state index contributed by atoms with van der Waals surface area (Å²) in [4.78, 5) is 24.1. The number of piperazine rings is 1. The van der Waals surface area contributed by atoms with Gasteiger partial charge in [0.15, 0.2) is 5.13 Å². The molecule has 0 aliphatic carbocycles. The maximum Gasteiger partial charge on any atom is 0.291 e. The minimum absolute atomic E-state index is 0.0878. The average molecular weight is 279 g/mol. The van der Waals surface area contributed by atoms with Crippen LogP contribution in [0, 0.1) is 0 Å². The number of aromatic nitrogens is 4. The van der Waals surface area contributed by atoms with Gasteiger partial charge in [-0.15, -0.1) is 16.4 Å². The molecule has 0 radical (unpaired) electrons. The van der Waals surface area contributed by atoms with E-state index in [1.165, 1.54) is 0 Å². The van der Waals surface area contributed by atoms with Crippen LogP contribution in [0.4, 0.5) is 11.1 Å². The van der Waals surface area contributed by atoms with Crippen LogP contribution in [0.1, 0.15) is 10.6 Å². The van der Waals surface area contributed by atoms with Crippen molar-refractivity contribution in [1.29, 1.82) is 0 Å². The van der Waals surface area contributed by atoms with Crippen molar-refractivity contribution in [3.05, 3.63) is 17.4 Å². The first-order chi connectivity index (χ1) is 9.24. The highest BCUT2D eigenvalue weighted by Gasteiger charge is 2.25. The molecule has 1 saturated heterocycles. The predicted octanol–water partition coefficient (Wildman–Crippen LogP) is -0.194. The van der Waals surface area contributed by atoms with Gasteiger partial charge in [0.1, 0.15) is 0 Å². The van der Waals surface area contributed by atoms with Crippen LogP contribution >= 0.6 is 11.3 Å². The van der Waals surface area contributed by atoms with Crippen molar-refractivity contribution in [3.63, 3.8) is 0 Å². The molecule has 0 atom stereocenters. The summed E-state index contributed by atoms with van der Waals surface area (Å²) in [5.74, 6) is 0.118. The summed E-state index contributed by atoms with van der Waals surface area (Å²) in [7, 11) is 0. The first-order valence-electron chi connectivity index (χ1n) is 5.85. The zero-order chi connectivity index (χ0) is 13.2. The van der Waals surface area contributed by atoms with Crippen LogP contribution in [-0.2, 0) is 0 Å². The molecule has 3 N–H and O–H groups in total. The van der Waals surface area contributed by atoms with E-state index in [0.717, 1.165) is 18.2 Å². The topological polar surface area (TPSA) is 104 Å². The van der Waals surface area contributed by atoms with Gasteiger partial charge in [-0.2, -0.15) is 4.98 Å². The number of H-pyrrole nitrogens is 1. The maximum absolute atomic E-state index is 12.1. The molecule has 0 aromatic carbocycles. The zero-order valence-electron chi connectivity index (χ0n) is 10.1. The monoisotopic (exact) mass is 279 g/mol. The van der Waals surface area contributed by atoms with Crippen molar-refractivity contribution < 1.29 is 4.79 Å². The normalized spacial score (nSPS) is 15.8. The number of nitrogen functional groups attached to an aromatic ring is 1. The van der Waals surface area contributed by atoms with Gasteiger partial charge in [0, 0.05) is 37.8 Å². The van der Waals surface area contributed by atoms with E-state index in [1.807, 2.05) is 5.38 Å².